The van der Waals surface area contributed by atoms with Gasteiger partial charge in [0, 0.05) is 11.3 Å². The molecule has 7 nitrogen and oxygen atoms in total. The molecule has 5 N–H and O–H groups in total. The van der Waals surface area contributed by atoms with E-state index in [1.807, 2.05) is 31.1 Å². The van der Waals surface area contributed by atoms with Crippen molar-refractivity contribution in [2.24, 2.45) is 0 Å². The van der Waals surface area contributed by atoms with Gasteiger partial charge in [0.2, 0.25) is 0 Å². The molecule has 172 valence electrons. The van der Waals surface area contributed by atoms with E-state index in [0.717, 1.165) is 12.1 Å². The van der Waals surface area contributed by atoms with Crippen LogP contribution in [-0.2, 0) is 0 Å². The Hall–Kier alpha value is -3.91. The minimum absolute atomic E-state index is 0.272. The number of hydrogen-bond acceptors (Lipinski definition) is 4. The second-order valence-electron chi connectivity index (χ2n) is 7.91. The van der Waals surface area contributed by atoms with Gasteiger partial charge in [0.15, 0.2) is 0 Å². The van der Waals surface area contributed by atoms with Crippen LogP contribution in [0.1, 0.15) is 28.4 Å². The molecule has 0 aromatic heterocycles. The summed E-state index contributed by atoms with van der Waals surface area (Å²) in [6, 6.07) is 19.0. The number of nitrogens with one attached hydrogen (secondary N) is 3. The molecule has 0 radical (unpaired) electrons. The number of carbonyl (C=O) groups excluding carboxylic acids is 2. The highest BCUT2D eigenvalue weighted by atomic mass is 19.1. The molecule has 8 heteroatoms. The van der Waals surface area contributed by atoms with Crippen LogP contribution in [-0.4, -0.2) is 37.5 Å². The Morgan fingerprint density at radius 3 is 2.24 bits per heavy atom. The summed E-state index contributed by atoms with van der Waals surface area (Å²) in [6.07, 6.45) is 0.663. The highest BCUT2D eigenvalue weighted by molar-refractivity contribution is 6.05. The number of amides is 3. The average molecular weight is 450 g/mol. The first-order chi connectivity index (χ1) is 15.8. The monoisotopic (exact) mass is 449 g/mol. The van der Waals surface area contributed by atoms with Crippen LogP contribution in [0.4, 0.5) is 26.2 Å². The fourth-order valence-corrected chi connectivity index (χ4v) is 3.24. The molecule has 1 atom stereocenters. The Bertz CT molecular complexity index is 1080. The summed E-state index contributed by atoms with van der Waals surface area (Å²) in [5.74, 6) is -0.643. The zero-order chi connectivity index (χ0) is 23.8. The van der Waals surface area contributed by atoms with E-state index in [-0.39, 0.29) is 17.8 Å². The fourth-order valence-electron chi connectivity index (χ4n) is 3.24. The molecule has 3 aromatic carbocycles. The summed E-state index contributed by atoms with van der Waals surface area (Å²) in [7, 11) is 3.91. The van der Waals surface area contributed by atoms with Gasteiger partial charge in [0.25, 0.3) is 5.91 Å². The molecule has 0 saturated heterocycles. The number of urea groups is 1. The number of benzene rings is 3. The van der Waals surface area contributed by atoms with Gasteiger partial charge in [-0.15, -0.1) is 0 Å². The summed E-state index contributed by atoms with van der Waals surface area (Å²) in [5, 5.41) is 8.47. The predicted octanol–water partition coefficient (Wildman–Crippen LogP) is 4.47. The molecule has 0 spiro atoms. The molecule has 3 aromatic rings. The predicted molar refractivity (Wildman–Crippen MR) is 130 cm³/mol. The van der Waals surface area contributed by atoms with Crippen LogP contribution in [0.25, 0.3) is 0 Å². The zero-order valence-electron chi connectivity index (χ0n) is 18.6. The van der Waals surface area contributed by atoms with Crippen LogP contribution in [0, 0.1) is 5.82 Å². The van der Waals surface area contributed by atoms with Gasteiger partial charge in [0.05, 0.1) is 17.4 Å². The fraction of sp³-hybridized carbons (Fsp3) is 0.200. The van der Waals surface area contributed by atoms with Crippen molar-refractivity contribution in [1.29, 1.82) is 0 Å². The van der Waals surface area contributed by atoms with Gasteiger partial charge in [0.1, 0.15) is 5.82 Å². The Labute approximate surface area is 192 Å². The van der Waals surface area contributed by atoms with Gasteiger partial charge >= 0.3 is 6.03 Å². The number of halogens is 1. The van der Waals surface area contributed by atoms with E-state index >= 15 is 0 Å². The minimum Gasteiger partial charge on any atom is -0.397 e. The molecule has 3 amide bonds. The lowest BCUT2D eigenvalue weighted by atomic mass is 10.0. The molecule has 0 aliphatic carbocycles. The van der Waals surface area contributed by atoms with E-state index in [0.29, 0.717) is 29.0 Å². The number of nitrogens with two attached hydrogens (primary N) is 1. The first-order valence-electron chi connectivity index (χ1n) is 10.6. The van der Waals surface area contributed by atoms with E-state index in [1.165, 1.54) is 24.3 Å². The Morgan fingerprint density at radius 2 is 1.61 bits per heavy atom. The Kier molecular flexibility index (Phi) is 7.99. The summed E-state index contributed by atoms with van der Waals surface area (Å²) >= 11 is 0. The van der Waals surface area contributed by atoms with Crippen molar-refractivity contribution >= 4 is 29.0 Å². The van der Waals surface area contributed by atoms with Gasteiger partial charge < -0.3 is 26.6 Å². The van der Waals surface area contributed by atoms with Crippen LogP contribution >= 0.6 is 0 Å². The number of nitrogen functional groups attached to an aromatic ring is 1. The highest BCUT2D eigenvalue weighted by Crippen LogP contribution is 2.21. The molecule has 0 bridgehead atoms. The minimum atomic E-state index is -0.397. The summed E-state index contributed by atoms with van der Waals surface area (Å²) in [4.78, 5) is 27.1. The number of rotatable bonds is 8. The van der Waals surface area contributed by atoms with Gasteiger partial charge in [-0.25, -0.2) is 9.18 Å². The molecular weight excluding hydrogens is 421 g/mol. The van der Waals surface area contributed by atoms with E-state index in [1.54, 1.807) is 36.4 Å². The van der Waals surface area contributed by atoms with Crippen LogP contribution in [0.2, 0.25) is 0 Å². The van der Waals surface area contributed by atoms with Gasteiger partial charge in [-0.3, -0.25) is 4.79 Å². The Balaban J connectivity index is 1.69. The molecule has 0 aliphatic rings. The van der Waals surface area contributed by atoms with Crippen molar-refractivity contribution in [1.82, 2.24) is 10.2 Å². The maximum absolute atomic E-state index is 13.1. The van der Waals surface area contributed by atoms with Crippen molar-refractivity contribution in [2.45, 2.75) is 12.5 Å². The standard InChI is InChI=1S/C25H28FN5O2/c1-31(2)16-15-22(30-25(33)28-20-13-11-19(26)12-14-20)17-7-9-18(10-8-17)24(32)29-23-6-4-3-5-21(23)27/h3-14,22H,15-16,27H2,1-2H3,(H,29,32)(H2,28,30,33). The lowest BCUT2D eigenvalue weighted by molar-refractivity contribution is 0.102. The lowest BCUT2D eigenvalue weighted by Crippen LogP contribution is -2.34. The largest absolute Gasteiger partial charge is 0.397 e. The highest BCUT2D eigenvalue weighted by Gasteiger charge is 2.16. The van der Waals surface area contributed by atoms with Crippen LogP contribution < -0.4 is 21.7 Å². The van der Waals surface area contributed by atoms with Gasteiger partial charge in [-0.1, -0.05) is 24.3 Å². The molecule has 1 unspecified atom stereocenters. The molecule has 0 heterocycles. The molecule has 33 heavy (non-hydrogen) atoms. The number of carbonyl (C=O) groups is 2. The van der Waals surface area contributed by atoms with E-state index in [4.69, 9.17) is 5.73 Å². The summed E-state index contributed by atoms with van der Waals surface area (Å²) in [5.41, 5.74) is 8.76. The van der Waals surface area contributed by atoms with Gasteiger partial charge in [-0.05, 0) is 81.2 Å². The zero-order valence-corrected chi connectivity index (χ0v) is 18.6. The smallest absolute Gasteiger partial charge is 0.319 e. The van der Waals surface area contributed by atoms with Crippen molar-refractivity contribution in [3.63, 3.8) is 0 Å². The maximum atomic E-state index is 13.1. The van der Waals surface area contributed by atoms with E-state index < -0.39 is 6.03 Å². The third kappa shape index (κ3) is 7.05. The first-order valence-corrected chi connectivity index (χ1v) is 10.6. The van der Waals surface area contributed by atoms with Crippen molar-refractivity contribution < 1.29 is 14.0 Å². The number of para-hydroxylation sites is 2. The molecule has 0 aliphatic heterocycles. The van der Waals surface area contributed by atoms with Crippen molar-refractivity contribution in [3.8, 4) is 0 Å². The SMILES string of the molecule is CN(C)CCC(NC(=O)Nc1ccc(F)cc1)c1ccc(C(=O)Nc2ccccc2N)cc1. The van der Waals surface area contributed by atoms with Crippen molar-refractivity contribution in [2.75, 3.05) is 37.0 Å². The summed E-state index contributed by atoms with van der Waals surface area (Å²) < 4.78 is 13.1. The second kappa shape index (κ2) is 11.1. The average Bonchev–Trinajstić information content (AvgIpc) is 2.79. The first kappa shape index (κ1) is 23.7. The Morgan fingerprint density at radius 1 is 0.939 bits per heavy atom. The lowest BCUT2D eigenvalue weighted by Gasteiger charge is -2.22. The molecule has 0 saturated carbocycles. The molecule has 0 fully saturated rings. The van der Waals surface area contributed by atoms with E-state index in [2.05, 4.69) is 16.0 Å². The topological polar surface area (TPSA) is 99.5 Å². The summed E-state index contributed by atoms with van der Waals surface area (Å²) in [6.45, 7) is 0.747. The number of nitrogens with zero attached hydrogens (tertiary/aromatic N) is 1. The van der Waals surface area contributed by atoms with E-state index in [9.17, 15) is 14.0 Å². The van der Waals surface area contributed by atoms with Crippen LogP contribution in [0.5, 0.6) is 0 Å². The van der Waals surface area contributed by atoms with Crippen LogP contribution in [0.15, 0.2) is 72.8 Å². The van der Waals surface area contributed by atoms with Crippen LogP contribution in [0.3, 0.4) is 0 Å². The third-order valence-corrected chi connectivity index (χ3v) is 5.06. The molecule has 3 rings (SSSR count). The quantitative estimate of drug-likeness (QED) is 0.381. The molecular formula is C25H28FN5O2. The van der Waals surface area contributed by atoms with Gasteiger partial charge in [-0.2, -0.15) is 0 Å². The maximum Gasteiger partial charge on any atom is 0.319 e. The van der Waals surface area contributed by atoms with Crippen molar-refractivity contribution in [3.05, 3.63) is 89.7 Å². The third-order valence-electron chi connectivity index (χ3n) is 5.06. The number of hydrogen-bond donors (Lipinski definition) is 4. The second-order valence-corrected chi connectivity index (χ2v) is 7.91. The number of anilines is 3. The normalized spacial score (nSPS) is 11.6.